The molecule has 2 aromatic rings. The number of rotatable bonds is 5. The predicted octanol–water partition coefficient (Wildman–Crippen LogP) is 2.19. The summed E-state index contributed by atoms with van der Waals surface area (Å²) < 4.78 is 5.60. The third-order valence-corrected chi connectivity index (χ3v) is 3.50. The number of anilines is 1. The Hall–Kier alpha value is -1.88. The molecule has 1 atom stereocenters. The van der Waals surface area contributed by atoms with Crippen LogP contribution in [0.5, 0.6) is 5.88 Å². The maximum absolute atomic E-state index is 5.60. The van der Waals surface area contributed by atoms with Gasteiger partial charge in [0, 0.05) is 12.6 Å². The SMILES string of the molecule is CCOc1nc2ccccc2nc1NC[C@H]1CCCN1. The Labute approximate surface area is 118 Å². The van der Waals surface area contributed by atoms with Crippen LogP contribution in [0.2, 0.25) is 0 Å². The van der Waals surface area contributed by atoms with Crippen LogP contribution in [0, 0.1) is 0 Å². The molecule has 1 saturated heterocycles. The van der Waals surface area contributed by atoms with Gasteiger partial charge in [0.25, 0.3) is 5.88 Å². The highest BCUT2D eigenvalue weighted by Crippen LogP contribution is 2.23. The van der Waals surface area contributed by atoms with Crippen molar-refractivity contribution in [2.75, 3.05) is 25.0 Å². The Kier molecular flexibility index (Phi) is 3.97. The summed E-state index contributed by atoms with van der Waals surface area (Å²) in [6.07, 6.45) is 2.45. The van der Waals surface area contributed by atoms with Crippen molar-refractivity contribution in [3.63, 3.8) is 0 Å². The highest BCUT2D eigenvalue weighted by atomic mass is 16.5. The zero-order valence-electron chi connectivity index (χ0n) is 11.7. The first-order valence-electron chi connectivity index (χ1n) is 7.23. The van der Waals surface area contributed by atoms with Crippen molar-refractivity contribution in [2.24, 2.45) is 0 Å². The van der Waals surface area contributed by atoms with E-state index in [1.165, 1.54) is 12.8 Å². The van der Waals surface area contributed by atoms with Gasteiger partial charge in [0.05, 0.1) is 17.6 Å². The number of nitrogens with zero attached hydrogens (tertiary/aromatic N) is 2. The topological polar surface area (TPSA) is 59.1 Å². The van der Waals surface area contributed by atoms with Gasteiger partial charge in [-0.3, -0.25) is 0 Å². The van der Waals surface area contributed by atoms with Gasteiger partial charge in [-0.2, -0.15) is 0 Å². The third-order valence-electron chi connectivity index (χ3n) is 3.50. The minimum atomic E-state index is 0.512. The van der Waals surface area contributed by atoms with Gasteiger partial charge in [0.15, 0.2) is 5.82 Å². The van der Waals surface area contributed by atoms with E-state index in [4.69, 9.17) is 4.74 Å². The molecular weight excluding hydrogens is 252 g/mol. The summed E-state index contributed by atoms with van der Waals surface area (Å²) in [5.41, 5.74) is 1.75. The van der Waals surface area contributed by atoms with Crippen LogP contribution in [0.1, 0.15) is 19.8 Å². The van der Waals surface area contributed by atoms with Crippen molar-refractivity contribution < 1.29 is 4.74 Å². The Balaban J connectivity index is 1.84. The lowest BCUT2D eigenvalue weighted by Crippen LogP contribution is -2.29. The van der Waals surface area contributed by atoms with Crippen LogP contribution in [-0.4, -0.2) is 35.7 Å². The molecular formula is C15H20N4O. The van der Waals surface area contributed by atoms with Gasteiger partial charge in [-0.05, 0) is 38.4 Å². The van der Waals surface area contributed by atoms with E-state index in [1.54, 1.807) is 0 Å². The number of hydrogen-bond donors (Lipinski definition) is 2. The average molecular weight is 272 g/mol. The maximum Gasteiger partial charge on any atom is 0.258 e. The van der Waals surface area contributed by atoms with E-state index in [2.05, 4.69) is 20.6 Å². The highest BCUT2D eigenvalue weighted by molar-refractivity contribution is 5.77. The first-order chi connectivity index (χ1) is 9.86. The molecule has 0 unspecified atom stereocenters. The Bertz CT molecular complexity index is 581. The molecule has 0 aliphatic carbocycles. The van der Waals surface area contributed by atoms with E-state index >= 15 is 0 Å². The molecule has 0 saturated carbocycles. The molecule has 20 heavy (non-hydrogen) atoms. The highest BCUT2D eigenvalue weighted by Gasteiger charge is 2.16. The molecule has 1 aromatic heterocycles. The van der Waals surface area contributed by atoms with Crippen molar-refractivity contribution in [1.82, 2.24) is 15.3 Å². The van der Waals surface area contributed by atoms with Crippen LogP contribution in [-0.2, 0) is 0 Å². The number of aromatic nitrogens is 2. The standard InChI is InChI=1S/C15H20N4O/c1-2-20-15-14(17-10-11-6-5-9-16-11)18-12-7-3-4-8-13(12)19-15/h3-4,7-8,11,16H,2,5-6,9-10H2,1H3,(H,17,18)/t11-/m1/s1. The third kappa shape index (κ3) is 2.82. The molecule has 0 bridgehead atoms. The number of ether oxygens (including phenoxy) is 1. The lowest BCUT2D eigenvalue weighted by atomic mass is 10.2. The number of nitrogens with one attached hydrogen (secondary N) is 2. The molecule has 1 aromatic carbocycles. The van der Waals surface area contributed by atoms with Gasteiger partial charge in [0.1, 0.15) is 0 Å². The largest absolute Gasteiger partial charge is 0.475 e. The summed E-state index contributed by atoms with van der Waals surface area (Å²) in [6, 6.07) is 8.37. The molecule has 0 radical (unpaired) electrons. The predicted molar refractivity (Wildman–Crippen MR) is 80.2 cm³/mol. The van der Waals surface area contributed by atoms with Crippen molar-refractivity contribution in [2.45, 2.75) is 25.8 Å². The molecule has 0 spiro atoms. The second kappa shape index (κ2) is 6.05. The van der Waals surface area contributed by atoms with Crippen LogP contribution in [0.15, 0.2) is 24.3 Å². The van der Waals surface area contributed by atoms with Crippen LogP contribution in [0.3, 0.4) is 0 Å². The summed E-state index contributed by atoms with van der Waals surface area (Å²) in [5, 5.41) is 6.84. The van der Waals surface area contributed by atoms with Gasteiger partial charge in [-0.25, -0.2) is 9.97 Å². The molecule has 2 heterocycles. The van der Waals surface area contributed by atoms with E-state index in [0.717, 1.165) is 29.9 Å². The molecule has 5 nitrogen and oxygen atoms in total. The van der Waals surface area contributed by atoms with Crippen molar-refractivity contribution >= 4 is 16.9 Å². The molecule has 1 aliphatic heterocycles. The molecule has 0 amide bonds. The number of para-hydroxylation sites is 2. The normalized spacial score (nSPS) is 18.4. The van der Waals surface area contributed by atoms with Crippen molar-refractivity contribution in [3.05, 3.63) is 24.3 Å². The van der Waals surface area contributed by atoms with Crippen molar-refractivity contribution in [3.8, 4) is 5.88 Å². The molecule has 5 heteroatoms. The Morgan fingerprint density at radius 3 is 2.80 bits per heavy atom. The van der Waals surface area contributed by atoms with Gasteiger partial charge in [-0.1, -0.05) is 12.1 Å². The fraction of sp³-hybridized carbons (Fsp3) is 0.467. The van der Waals surface area contributed by atoms with Crippen LogP contribution in [0.4, 0.5) is 5.82 Å². The van der Waals surface area contributed by atoms with E-state index in [-0.39, 0.29) is 0 Å². The lowest BCUT2D eigenvalue weighted by Gasteiger charge is -2.14. The van der Waals surface area contributed by atoms with Crippen LogP contribution < -0.4 is 15.4 Å². The number of hydrogen-bond acceptors (Lipinski definition) is 5. The lowest BCUT2D eigenvalue weighted by molar-refractivity contribution is 0.328. The molecule has 1 fully saturated rings. The second-order valence-corrected chi connectivity index (χ2v) is 4.97. The fourth-order valence-corrected chi connectivity index (χ4v) is 2.49. The summed E-state index contributed by atoms with van der Waals surface area (Å²) >= 11 is 0. The fourth-order valence-electron chi connectivity index (χ4n) is 2.49. The van der Waals surface area contributed by atoms with E-state index in [1.807, 2.05) is 31.2 Å². The van der Waals surface area contributed by atoms with E-state index < -0.39 is 0 Å². The molecule has 1 aliphatic rings. The van der Waals surface area contributed by atoms with E-state index in [9.17, 15) is 0 Å². The van der Waals surface area contributed by atoms with Crippen LogP contribution in [0.25, 0.3) is 11.0 Å². The summed E-state index contributed by atoms with van der Waals surface area (Å²) in [7, 11) is 0. The van der Waals surface area contributed by atoms with Gasteiger partial charge in [-0.15, -0.1) is 0 Å². The zero-order valence-corrected chi connectivity index (χ0v) is 11.7. The Morgan fingerprint density at radius 2 is 2.10 bits per heavy atom. The molecule has 106 valence electrons. The van der Waals surface area contributed by atoms with Crippen molar-refractivity contribution in [1.29, 1.82) is 0 Å². The minimum Gasteiger partial charge on any atom is -0.475 e. The first-order valence-corrected chi connectivity index (χ1v) is 7.23. The van der Waals surface area contributed by atoms with Gasteiger partial charge in [0.2, 0.25) is 0 Å². The number of benzene rings is 1. The molecule has 2 N–H and O–H groups in total. The molecule has 3 rings (SSSR count). The zero-order chi connectivity index (χ0) is 13.8. The monoisotopic (exact) mass is 272 g/mol. The smallest absolute Gasteiger partial charge is 0.258 e. The van der Waals surface area contributed by atoms with Gasteiger partial charge < -0.3 is 15.4 Å². The Morgan fingerprint density at radius 1 is 1.30 bits per heavy atom. The second-order valence-electron chi connectivity index (χ2n) is 4.97. The minimum absolute atomic E-state index is 0.512. The van der Waals surface area contributed by atoms with Crippen LogP contribution >= 0.6 is 0 Å². The average Bonchev–Trinajstić information content (AvgIpc) is 2.98. The maximum atomic E-state index is 5.60. The summed E-state index contributed by atoms with van der Waals surface area (Å²) in [6.45, 7) is 4.50. The number of fused-ring (bicyclic) bond motifs is 1. The van der Waals surface area contributed by atoms with Gasteiger partial charge >= 0.3 is 0 Å². The summed E-state index contributed by atoms with van der Waals surface area (Å²) in [4.78, 5) is 9.17. The quantitative estimate of drug-likeness (QED) is 0.873. The summed E-state index contributed by atoms with van der Waals surface area (Å²) in [5.74, 6) is 1.32. The first kappa shape index (κ1) is 13.1. The van der Waals surface area contributed by atoms with E-state index in [0.29, 0.717) is 18.5 Å².